The molecule has 1 heterocycles. The van der Waals surface area contributed by atoms with Gasteiger partial charge < -0.3 is 4.90 Å². The van der Waals surface area contributed by atoms with E-state index < -0.39 is 0 Å². The Morgan fingerprint density at radius 1 is 1.67 bits per heavy atom. The van der Waals surface area contributed by atoms with Gasteiger partial charge in [-0.1, -0.05) is 12.2 Å². The van der Waals surface area contributed by atoms with Crippen molar-refractivity contribution in [3.05, 3.63) is 11.8 Å². The molecule has 0 N–H and O–H groups in total. The summed E-state index contributed by atoms with van der Waals surface area (Å²) in [5.41, 5.74) is 0.900. The minimum Gasteiger partial charge on any atom is -0.379 e. The number of nitriles is 1. The molecule has 1 rings (SSSR count). The SMILES string of the molecule is CN(C)C1=CC=NC(=S)C1C#N. The van der Waals surface area contributed by atoms with E-state index >= 15 is 0 Å². The second kappa shape index (κ2) is 3.46. The zero-order chi connectivity index (χ0) is 9.14. The van der Waals surface area contributed by atoms with Gasteiger partial charge in [0.1, 0.15) is 10.9 Å². The van der Waals surface area contributed by atoms with E-state index in [0.29, 0.717) is 4.99 Å². The fraction of sp³-hybridized carbons (Fsp3) is 0.375. The monoisotopic (exact) mass is 179 g/mol. The summed E-state index contributed by atoms with van der Waals surface area (Å²) in [4.78, 5) is 6.22. The molecule has 0 aromatic rings. The number of aliphatic imine (C=N–C) groups is 1. The van der Waals surface area contributed by atoms with Gasteiger partial charge in [-0.05, 0) is 6.08 Å². The van der Waals surface area contributed by atoms with Crippen molar-refractivity contribution in [3.63, 3.8) is 0 Å². The van der Waals surface area contributed by atoms with Crippen molar-refractivity contribution in [2.45, 2.75) is 0 Å². The highest BCUT2D eigenvalue weighted by molar-refractivity contribution is 7.80. The molecule has 1 aliphatic heterocycles. The highest BCUT2D eigenvalue weighted by Crippen LogP contribution is 2.17. The molecule has 0 saturated heterocycles. The Labute approximate surface area is 77.0 Å². The van der Waals surface area contributed by atoms with Crippen LogP contribution in [0.25, 0.3) is 0 Å². The number of allylic oxidation sites excluding steroid dienone is 1. The van der Waals surface area contributed by atoms with E-state index in [-0.39, 0.29) is 5.92 Å². The van der Waals surface area contributed by atoms with Crippen molar-refractivity contribution in [3.8, 4) is 6.07 Å². The lowest BCUT2D eigenvalue weighted by molar-refractivity contribution is 0.485. The number of rotatable bonds is 1. The molecule has 3 nitrogen and oxygen atoms in total. The minimum absolute atomic E-state index is 0.361. The van der Waals surface area contributed by atoms with Crippen LogP contribution in [0.3, 0.4) is 0 Å². The number of nitrogens with zero attached hydrogens (tertiary/aromatic N) is 3. The molecule has 0 amide bonds. The molecule has 1 atom stereocenters. The molecule has 0 spiro atoms. The largest absolute Gasteiger partial charge is 0.379 e. The maximum Gasteiger partial charge on any atom is 0.138 e. The maximum atomic E-state index is 8.80. The third kappa shape index (κ3) is 1.51. The Balaban J connectivity index is 2.98. The van der Waals surface area contributed by atoms with Gasteiger partial charge in [-0.3, -0.25) is 0 Å². The fourth-order valence-electron chi connectivity index (χ4n) is 1.01. The predicted molar refractivity (Wildman–Crippen MR) is 52.0 cm³/mol. The molecule has 0 radical (unpaired) electrons. The number of hydrogen-bond donors (Lipinski definition) is 0. The first-order valence-electron chi connectivity index (χ1n) is 3.52. The van der Waals surface area contributed by atoms with Crippen LogP contribution in [0.4, 0.5) is 0 Å². The standard InChI is InChI=1S/C8H9N3S/c1-11(2)7-3-4-10-8(12)6(7)5-9/h3-4,6H,1-2H3. The number of thiocarbonyl (C=S) groups is 1. The molecular weight excluding hydrogens is 170 g/mol. The van der Waals surface area contributed by atoms with Crippen LogP contribution in [0.2, 0.25) is 0 Å². The summed E-state index contributed by atoms with van der Waals surface area (Å²) in [6.07, 6.45) is 3.44. The van der Waals surface area contributed by atoms with Crippen molar-refractivity contribution in [1.29, 1.82) is 5.26 Å². The first-order chi connectivity index (χ1) is 5.66. The van der Waals surface area contributed by atoms with Crippen molar-refractivity contribution in [1.82, 2.24) is 4.90 Å². The summed E-state index contributed by atoms with van der Waals surface area (Å²) in [6.45, 7) is 0. The molecular formula is C8H9N3S. The molecule has 0 saturated carbocycles. The summed E-state index contributed by atoms with van der Waals surface area (Å²) in [5, 5.41) is 8.80. The number of hydrogen-bond acceptors (Lipinski definition) is 3. The van der Waals surface area contributed by atoms with Gasteiger partial charge >= 0.3 is 0 Å². The molecule has 1 aliphatic rings. The van der Waals surface area contributed by atoms with Gasteiger partial charge in [0.2, 0.25) is 0 Å². The summed E-state index contributed by atoms with van der Waals surface area (Å²) in [7, 11) is 3.77. The Bertz CT molecular complexity index is 296. The highest BCUT2D eigenvalue weighted by atomic mass is 32.1. The zero-order valence-electron chi connectivity index (χ0n) is 6.98. The molecule has 0 bridgehead atoms. The van der Waals surface area contributed by atoms with Crippen LogP contribution in [0, 0.1) is 17.2 Å². The van der Waals surface area contributed by atoms with Crippen LogP contribution in [0.15, 0.2) is 16.8 Å². The van der Waals surface area contributed by atoms with Gasteiger partial charge in [0.25, 0.3) is 0 Å². The van der Waals surface area contributed by atoms with Crippen LogP contribution in [-0.2, 0) is 0 Å². The van der Waals surface area contributed by atoms with E-state index in [1.54, 1.807) is 6.21 Å². The van der Waals surface area contributed by atoms with Crippen LogP contribution < -0.4 is 0 Å². The molecule has 0 fully saturated rings. The Hall–Kier alpha value is -1.21. The van der Waals surface area contributed by atoms with Crippen molar-refractivity contribution in [2.24, 2.45) is 10.9 Å². The smallest absolute Gasteiger partial charge is 0.138 e. The van der Waals surface area contributed by atoms with Gasteiger partial charge in [0, 0.05) is 26.0 Å². The summed E-state index contributed by atoms with van der Waals surface area (Å²) in [5.74, 6) is -0.361. The van der Waals surface area contributed by atoms with Gasteiger partial charge in [-0.25, -0.2) is 4.99 Å². The van der Waals surface area contributed by atoms with E-state index in [4.69, 9.17) is 17.5 Å². The second-order valence-electron chi connectivity index (χ2n) is 2.66. The van der Waals surface area contributed by atoms with Crippen molar-refractivity contribution < 1.29 is 0 Å². The van der Waals surface area contributed by atoms with Gasteiger partial charge in [-0.2, -0.15) is 5.26 Å². The van der Waals surface area contributed by atoms with Gasteiger partial charge in [0.05, 0.1) is 6.07 Å². The molecule has 0 aromatic carbocycles. The Morgan fingerprint density at radius 2 is 2.33 bits per heavy atom. The topological polar surface area (TPSA) is 39.4 Å². The van der Waals surface area contributed by atoms with Gasteiger partial charge in [-0.15, -0.1) is 0 Å². The molecule has 0 aromatic heterocycles. The first kappa shape index (κ1) is 8.88. The third-order valence-electron chi connectivity index (χ3n) is 1.64. The van der Waals surface area contributed by atoms with Crippen molar-refractivity contribution >= 4 is 23.4 Å². The van der Waals surface area contributed by atoms with Crippen LogP contribution in [-0.4, -0.2) is 30.2 Å². The molecule has 62 valence electrons. The van der Waals surface area contributed by atoms with E-state index in [9.17, 15) is 0 Å². The maximum absolute atomic E-state index is 8.80. The summed E-state index contributed by atoms with van der Waals surface area (Å²) >= 11 is 4.93. The van der Waals surface area contributed by atoms with E-state index in [1.165, 1.54) is 0 Å². The average Bonchev–Trinajstić information content (AvgIpc) is 2.03. The first-order valence-corrected chi connectivity index (χ1v) is 3.92. The molecule has 4 heteroatoms. The lowest BCUT2D eigenvalue weighted by Gasteiger charge is -2.22. The lowest BCUT2D eigenvalue weighted by atomic mass is 10.0. The van der Waals surface area contributed by atoms with Crippen LogP contribution >= 0.6 is 12.2 Å². The van der Waals surface area contributed by atoms with Crippen molar-refractivity contribution in [2.75, 3.05) is 14.1 Å². The van der Waals surface area contributed by atoms with E-state index in [2.05, 4.69) is 11.1 Å². The summed E-state index contributed by atoms with van der Waals surface area (Å²) in [6, 6.07) is 2.12. The van der Waals surface area contributed by atoms with Crippen LogP contribution in [0.5, 0.6) is 0 Å². The normalized spacial score (nSPS) is 21.6. The average molecular weight is 179 g/mol. The lowest BCUT2D eigenvalue weighted by Crippen LogP contribution is -2.25. The Morgan fingerprint density at radius 3 is 2.75 bits per heavy atom. The highest BCUT2D eigenvalue weighted by Gasteiger charge is 2.21. The molecule has 12 heavy (non-hydrogen) atoms. The second-order valence-corrected chi connectivity index (χ2v) is 3.08. The Kier molecular flexibility index (Phi) is 2.56. The number of dihydropyridines is 1. The molecule has 1 unspecified atom stereocenters. The zero-order valence-corrected chi connectivity index (χ0v) is 7.80. The predicted octanol–water partition coefficient (Wildman–Crippen LogP) is 0.983. The van der Waals surface area contributed by atoms with E-state index in [0.717, 1.165) is 5.70 Å². The minimum atomic E-state index is -0.361. The fourth-order valence-corrected chi connectivity index (χ4v) is 1.25. The summed E-state index contributed by atoms with van der Waals surface area (Å²) < 4.78 is 0. The molecule has 0 aliphatic carbocycles. The van der Waals surface area contributed by atoms with Gasteiger partial charge in [0.15, 0.2) is 0 Å². The van der Waals surface area contributed by atoms with Crippen LogP contribution in [0.1, 0.15) is 0 Å². The van der Waals surface area contributed by atoms with E-state index in [1.807, 2.05) is 25.1 Å². The third-order valence-corrected chi connectivity index (χ3v) is 1.98. The quantitative estimate of drug-likeness (QED) is 0.563.